The molecule has 0 spiro atoms. The Morgan fingerprint density at radius 2 is 1.92 bits per heavy atom. The number of benzene rings is 1. The number of methoxy groups -OCH3 is 3. The molecular weight excluding hydrogens is 368 g/mol. The zero-order valence-corrected chi connectivity index (χ0v) is 16.1. The van der Waals surface area contributed by atoms with E-state index >= 15 is 0 Å². The minimum Gasteiger partial charge on any atom is -0.493 e. The average molecular weight is 391 g/mol. The van der Waals surface area contributed by atoms with Crippen LogP contribution in [0.25, 0.3) is 0 Å². The summed E-state index contributed by atoms with van der Waals surface area (Å²) in [7, 11) is 4.25. The third-order valence-corrected chi connectivity index (χ3v) is 4.76. The molecule has 2 rings (SSSR count). The summed E-state index contributed by atoms with van der Waals surface area (Å²) < 4.78 is 15.2. The van der Waals surface area contributed by atoms with Crippen molar-refractivity contribution >= 4 is 41.7 Å². The van der Waals surface area contributed by atoms with Crippen LogP contribution in [0.1, 0.15) is 16.8 Å². The number of hydrogen-bond acceptors (Lipinski definition) is 7. The molecule has 1 heterocycles. The monoisotopic (exact) mass is 390 g/mol. The summed E-state index contributed by atoms with van der Waals surface area (Å²) >= 11 is 1.82. The first-order chi connectivity index (χ1) is 11.6. The van der Waals surface area contributed by atoms with E-state index in [0.29, 0.717) is 23.6 Å². The van der Waals surface area contributed by atoms with E-state index in [1.807, 2.05) is 11.8 Å². The summed E-state index contributed by atoms with van der Waals surface area (Å²) in [5.74, 6) is 2.03. The van der Waals surface area contributed by atoms with Gasteiger partial charge in [-0.1, -0.05) is 0 Å². The van der Waals surface area contributed by atoms with Crippen molar-refractivity contribution in [2.24, 2.45) is 0 Å². The van der Waals surface area contributed by atoms with Gasteiger partial charge in [0.1, 0.15) is 0 Å². The molecule has 25 heavy (non-hydrogen) atoms. The van der Waals surface area contributed by atoms with Crippen molar-refractivity contribution in [3.8, 4) is 11.5 Å². The van der Waals surface area contributed by atoms with E-state index in [1.165, 1.54) is 27.4 Å². The molecule has 1 fully saturated rings. The fourth-order valence-electron chi connectivity index (χ4n) is 2.44. The number of carbonyl (C=O) groups is 2. The first-order valence-corrected chi connectivity index (χ1v) is 8.69. The summed E-state index contributed by atoms with van der Waals surface area (Å²) in [6.45, 7) is 0.895. The topological polar surface area (TPSA) is 85.9 Å². The highest BCUT2D eigenvalue weighted by Gasteiger charge is 2.21. The molecule has 1 aliphatic rings. The van der Waals surface area contributed by atoms with E-state index in [-0.39, 0.29) is 29.9 Å². The van der Waals surface area contributed by atoms with E-state index in [0.717, 1.165) is 18.1 Å². The van der Waals surface area contributed by atoms with Crippen LogP contribution < -0.4 is 20.1 Å². The molecule has 0 aliphatic carbocycles. The van der Waals surface area contributed by atoms with Gasteiger partial charge >= 0.3 is 5.97 Å². The fraction of sp³-hybridized carbons (Fsp3) is 0.500. The largest absolute Gasteiger partial charge is 0.493 e. The van der Waals surface area contributed by atoms with Gasteiger partial charge in [-0.05, 0) is 0 Å². The van der Waals surface area contributed by atoms with Crippen LogP contribution in [-0.4, -0.2) is 57.3 Å². The van der Waals surface area contributed by atoms with Gasteiger partial charge in [-0.2, -0.15) is 11.8 Å². The van der Waals surface area contributed by atoms with Crippen LogP contribution in [0.3, 0.4) is 0 Å². The van der Waals surface area contributed by atoms with Crippen molar-refractivity contribution < 1.29 is 23.8 Å². The Hall–Kier alpha value is -1.64. The number of rotatable bonds is 6. The second-order valence-electron chi connectivity index (χ2n) is 5.22. The van der Waals surface area contributed by atoms with Crippen molar-refractivity contribution in [1.82, 2.24) is 5.32 Å². The zero-order chi connectivity index (χ0) is 17.5. The third kappa shape index (κ3) is 5.69. The number of esters is 1. The van der Waals surface area contributed by atoms with Gasteiger partial charge in [0.2, 0.25) is 5.91 Å². The van der Waals surface area contributed by atoms with Crippen LogP contribution >= 0.6 is 24.2 Å². The lowest BCUT2D eigenvalue weighted by molar-refractivity contribution is -0.116. The molecule has 2 N–H and O–H groups in total. The zero-order valence-electron chi connectivity index (χ0n) is 14.4. The second-order valence-corrected chi connectivity index (χ2v) is 6.37. The molecule has 0 bridgehead atoms. The van der Waals surface area contributed by atoms with E-state index in [9.17, 15) is 9.59 Å². The highest BCUT2D eigenvalue weighted by Crippen LogP contribution is 2.33. The highest BCUT2D eigenvalue weighted by molar-refractivity contribution is 7.99. The maximum atomic E-state index is 12.3. The van der Waals surface area contributed by atoms with Gasteiger partial charge in [0.15, 0.2) is 11.5 Å². The second kappa shape index (κ2) is 10.4. The van der Waals surface area contributed by atoms with Crippen molar-refractivity contribution in [2.75, 3.05) is 44.7 Å². The molecule has 1 unspecified atom stereocenters. The number of halogens is 1. The molecule has 0 radical (unpaired) electrons. The maximum Gasteiger partial charge on any atom is 0.340 e. The van der Waals surface area contributed by atoms with E-state index in [4.69, 9.17) is 14.2 Å². The lowest BCUT2D eigenvalue weighted by atomic mass is 10.1. The van der Waals surface area contributed by atoms with Crippen molar-refractivity contribution in [3.63, 3.8) is 0 Å². The van der Waals surface area contributed by atoms with E-state index in [1.54, 1.807) is 6.07 Å². The normalized spacial score (nSPS) is 16.4. The summed E-state index contributed by atoms with van der Waals surface area (Å²) in [6, 6.07) is 3.19. The van der Waals surface area contributed by atoms with Gasteiger partial charge in [-0.25, -0.2) is 4.79 Å². The first-order valence-electron chi connectivity index (χ1n) is 7.54. The number of amides is 1. The van der Waals surface area contributed by atoms with Gasteiger partial charge in [-0.3, -0.25) is 4.79 Å². The standard InChI is InChI=1S/C16H22N2O5S.ClH/c1-21-13-7-11(16(20)23-3)12(8-14(13)22-2)18-15(19)6-10-9-24-5-4-17-10;/h7-8,10,17H,4-6,9H2,1-3H3,(H,18,19);1H. The predicted molar refractivity (Wildman–Crippen MR) is 100 cm³/mol. The number of carbonyl (C=O) groups excluding carboxylic acids is 2. The number of anilines is 1. The summed E-state index contributed by atoms with van der Waals surface area (Å²) in [5, 5.41) is 6.08. The first kappa shape index (κ1) is 21.4. The molecule has 1 aliphatic heterocycles. The molecular formula is C16H23ClN2O5S. The molecule has 0 aromatic heterocycles. The number of ether oxygens (including phenoxy) is 3. The maximum absolute atomic E-state index is 12.3. The lowest BCUT2D eigenvalue weighted by Gasteiger charge is -2.22. The van der Waals surface area contributed by atoms with Gasteiger partial charge < -0.3 is 24.8 Å². The predicted octanol–water partition coefficient (Wildman–Crippen LogP) is 1.95. The smallest absolute Gasteiger partial charge is 0.340 e. The molecule has 1 aromatic rings. The van der Waals surface area contributed by atoms with Crippen LogP contribution in [0.5, 0.6) is 11.5 Å². The van der Waals surface area contributed by atoms with Crippen LogP contribution in [0, 0.1) is 0 Å². The summed E-state index contributed by atoms with van der Waals surface area (Å²) in [5.41, 5.74) is 0.558. The Kier molecular flexibility index (Phi) is 8.88. The van der Waals surface area contributed by atoms with Crippen molar-refractivity contribution in [2.45, 2.75) is 12.5 Å². The Morgan fingerprint density at radius 1 is 1.24 bits per heavy atom. The molecule has 1 amide bonds. The van der Waals surface area contributed by atoms with Crippen molar-refractivity contribution in [3.05, 3.63) is 17.7 Å². The third-order valence-electron chi connectivity index (χ3n) is 3.63. The van der Waals surface area contributed by atoms with Crippen LogP contribution in [0.15, 0.2) is 12.1 Å². The minimum atomic E-state index is -0.558. The molecule has 1 atom stereocenters. The Balaban J connectivity index is 0.00000312. The molecule has 1 saturated heterocycles. The van der Waals surface area contributed by atoms with Crippen LogP contribution in [0.2, 0.25) is 0 Å². The Bertz CT molecular complexity index is 608. The fourth-order valence-corrected chi connectivity index (χ4v) is 3.39. The quantitative estimate of drug-likeness (QED) is 0.718. The molecule has 7 nitrogen and oxygen atoms in total. The van der Waals surface area contributed by atoms with Gasteiger partial charge in [0.25, 0.3) is 0 Å². The van der Waals surface area contributed by atoms with Crippen molar-refractivity contribution in [1.29, 1.82) is 0 Å². The average Bonchev–Trinajstić information content (AvgIpc) is 2.61. The number of hydrogen-bond donors (Lipinski definition) is 2. The Labute approximate surface area is 157 Å². The molecule has 0 saturated carbocycles. The van der Waals surface area contributed by atoms with Crippen LogP contribution in [-0.2, 0) is 9.53 Å². The SMILES string of the molecule is COC(=O)c1cc(OC)c(OC)cc1NC(=O)CC1CSCCN1.Cl. The number of thioether (sulfide) groups is 1. The lowest BCUT2D eigenvalue weighted by Crippen LogP contribution is -2.40. The number of nitrogens with one attached hydrogen (secondary N) is 2. The van der Waals surface area contributed by atoms with Gasteiger partial charge in [0.05, 0.1) is 32.6 Å². The minimum absolute atomic E-state index is 0. The highest BCUT2D eigenvalue weighted by atomic mass is 35.5. The van der Waals surface area contributed by atoms with Gasteiger partial charge in [0, 0.05) is 42.6 Å². The summed E-state index contributed by atoms with van der Waals surface area (Å²) in [4.78, 5) is 24.3. The van der Waals surface area contributed by atoms with E-state index < -0.39 is 5.97 Å². The van der Waals surface area contributed by atoms with E-state index in [2.05, 4.69) is 10.6 Å². The van der Waals surface area contributed by atoms with Crippen LogP contribution in [0.4, 0.5) is 5.69 Å². The van der Waals surface area contributed by atoms with Gasteiger partial charge in [-0.15, -0.1) is 12.4 Å². The summed E-state index contributed by atoms with van der Waals surface area (Å²) in [6.07, 6.45) is 0.335. The molecule has 140 valence electrons. The Morgan fingerprint density at radius 3 is 2.48 bits per heavy atom. The molecule has 1 aromatic carbocycles. The molecule has 9 heteroatoms.